The molecule has 1 atom stereocenters. The van der Waals surface area contributed by atoms with Crippen LogP contribution in [0, 0.1) is 11.3 Å². The highest BCUT2D eigenvalue weighted by Gasteiger charge is 2.36. The molecule has 0 aromatic carbocycles. The normalized spacial score (nSPS) is 25.3. The van der Waals surface area contributed by atoms with Gasteiger partial charge in [0, 0.05) is 0 Å². The molecule has 2 N–H and O–H groups in total. The van der Waals surface area contributed by atoms with Gasteiger partial charge in [-0.05, 0) is 45.7 Å². The molecule has 3 nitrogen and oxygen atoms in total. The van der Waals surface area contributed by atoms with E-state index in [0.29, 0.717) is 0 Å². The SMILES string of the molecule is CC(C)(C(=O)O)[C@@H]1CCCNC1. The van der Waals surface area contributed by atoms with Gasteiger partial charge >= 0.3 is 5.97 Å². The van der Waals surface area contributed by atoms with Crippen LogP contribution in [0.2, 0.25) is 0 Å². The van der Waals surface area contributed by atoms with Crippen molar-refractivity contribution in [1.29, 1.82) is 0 Å². The molecule has 1 heterocycles. The van der Waals surface area contributed by atoms with Crippen LogP contribution in [0.15, 0.2) is 0 Å². The third-order valence-electron chi connectivity index (χ3n) is 2.87. The molecular weight excluding hydrogens is 154 g/mol. The molecule has 1 saturated heterocycles. The third kappa shape index (κ3) is 1.78. The number of carboxylic acids is 1. The zero-order chi connectivity index (χ0) is 9.19. The fraction of sp³-hybridized carbons (Fsp3) is 0.889. The molecule has 1 fully saturated rings. The van der Waals surface area contributed by atoms with Gasteiger partial charge in [-0.1, -0.05) is 0 Å². The number of hydrogen-bond donors (Lipinski definition) is 2. The minimum absolute atomic E-state index is 0.281. The summed E-state index contributed by atoms with van der Waals surface area (Å²) in [5, 5.41) is 12.2. The van der Waals surface area contributed by atoms with E-state index in [4.69, 9.17) is 5.11 Å². The standard InChI is InChI=1S/C9H17NO2/c1-9(2,8(11)12)7-4-3-5-10-6-7/h7,10H,3-6H2,1-2H3,(H,11,12)/t7-/m1/s1. The molecule has 0 aromatic rings. The van der Waals surface area contributed by atoms with Crippen molar-refractivity contribution in [3.8, 4) is 0 Å². The molecule has 0 bridgehead atoms. The van der Waals surface area contributed by atoms with Crippen LogP contribution in [-0.2, 0) is 4.79 Å². The fourth-order valence-electron chi connectivity index (χ4n) is 1.64. The van der Waals surface area contributed by atoms with Crippen LogP contribution < -0.4 is 5.32 Å². The molecule has 3 heteroatoms. The summed E-state index contributed by atoms with van der Waals surface area (Å²) in [5.74, 6) is -0.403. The Kier molecular flexibility index (Phi) is 2.73. The number of nitrogens with one attached hydrogen (secondary N) is 1. The maximum atomic E-state index is 10.9. The number of piperidine rings is 1. The summed E-state index contributed by atoms with van der Waals surface area (Å²) in [6.07, 6.45) is 2.13. The predicted molar refractivity (Wildman–Crippen MR) is 47.0 cm³/mol. The molecule has 0 saturated carbocycles. The van der Waals surface area contributed by atoms with Gasteiger partial charge in [-0.15, -0.1) is 0 Å². The molecule has 70 valence electrons. The fourth-order valence-corrected chi connectivity index (χ4v) is 1.64. The Morgan fingerprint density at radius 1 is 1.58 bits per heavy atom. The van der Waals surface area contributed by atoms with Crippen LogP contribution in [0.25, 0.3) is 0 Å². The number of hydrogen-bond acceptors (Lipinski definition) is 2. The zero-order valence-corrected chi connectivity index (χ0v) is 7.76. The number of aliphatic carboxylic acids is 1. The second kappa shape index (κ2) is 3.44. The van der Waals surface area contributed by atoms with Crippen molar-refractivity contribution in [2.24, 2.45) is 11.3 Å². The molecule has 1 aliphatic rings. The Labute approximate surface area is 73.2 Å². The van der Waals surface area contributed by atoms with E-state index in [2.05, 4.69) is 5.32 Å². The van der Waals surface area contributed by atoms with Gasteiger partial charge in [0.1, 0.15) is 0 Å². The van der Waals surface area contributed by atoms with E-state index in [1.807, 2.05) is 13.8 Å². The largest absolute Gasteiger partial charge is 0.481 e. The molecule has 0 amide bonds. The van der Waals surface area contributed by atoms with Crippen molar-refractivity contribution in [3.05, 3.63) is 0 Å². The Morgan fingerprint density at radius 2 is 2.25 bits per heavy atom. The van der Waals surface area contributed by atoms with Crippen molar-refractivity contribution < 1.29 is 9.90 Å². The summed E-state index contributed by atoms with van der Waals surface area (Å²) < 4.78 is 0. The summed E-state index contributed by atoms with van der Waals surface area (Å²) >= 11 is 0. The zero-order valence-electron chi connectivity index (χ0n) is 7.76. The second-order valence-corrected chi connectivity index (χ2v) is 4.07. The molecular formula is C9H17NO2. The van der Waals surface area contributed by atoms with Crippen LogP contribution in [0.5, 0.6) is 0 Å². The van der Waals surface area contributed by atoms with Crippen LogP contribution in [0.3, 0.4) is 0 Å². The molecule has 12 heavy (non-hydrogen) atoms. The number of carbonyl (C=O) groups is 1. The minimum atomic E-state index is -0.684. The molecule has 0 radical (unpaired) electrons. The maximum absolute atomic E-state index is 10.9. The minimum Gasteiger partial charge on any atom is -0.481 e. The van der Waals surface area contributed by atoms with Gasteiger partial charge in [0.25, 0.3) is 0 Å². The predicted octanol–water partition coefficient (Wildman–Crippen LogP) is 1.10. The van der Waals surface area contributed by atoms with Gasteiger partial charge in [-0.25, -0.2) is 0 Å². The second-order valence-electron chi connectivity index (χ2n) is 4.07. The van der Waals surface area contributed by atoms with Gasteiger partial charge in [-0.3, -0.25) is 4.79 Å². The first-order valence-corrected chi connectivity index (χ1v) is 4.49. The van der Waals surface area contributed by atoms with E-state index in [0.717, 1.165) is 25.9 Å². The van der Waals surface area contributed by atoms with Crippen molar-refractivity contribution in [2.75, 3.05) is 13.1 Å². The van der Waals surface area contributed by atoms with Crippen molar-refractivity contribution in [2.45, 2.75) is 26.7 Å². The summed E-state index contributed by atoms with van der Waals surface area (Å²) in [5.41, 5.74) is -0.576. The highest BCUT2D eigenvalue weighted by atomic mass is 16.4. The van der Waals surface area contributed by atoms with E-state index in [-0.39, 0.29) is 5.92 Å². The lowest BCUT2D eigenvalue weighted by atomic mass is 9.75. The van der Waals surface area contributed by atoms with Crippen LogP contribution >= 0.6 is 0 Å². The first-order chi connectivity index (χ1) is 5.55. The van der Waals surface area contributed by atoms with Gasteiger partial charge in [0.15, 0.2) is 0 Å². The quantitative estimate of drug-likeness (QED) is 0.654. The summed E-state index contributed by atoms with van der Waals surface area (Å²) in [6.45, 7) is 5.51. The Balaban J connectivity index is 2.59. The van der Waals surface area contributed by atoms with E-state index in [9.17, 15) is 4.79 Å². The number of rotatable bonds is 2. The summed E-state index contributed by atoms with van der Waals surface area (Å²) in [6, 6.07) is 0. The Morgan fingerprint density at radius 3 is 2.67 bits per heavy atom. The van der Waals surface area contributed by atoms with Gasteiger partial charge in [0.2, 0.25) is 0 Å². The van der Waals surface area contributed by atoms with E-state index >= 15 is 0 Å². The third-order valence-corrected chi connectivity index (χ3v) is 2.87. The summed E-state index contributed by atoms with van der Waals surface area (Å²) in [4.78, 5) is 10.9. The van der Waals surface area contributed by atoms with Gasteiger partial charge < -0.3 is 10.4 Å². The van der Waals surface area contributed by atoms with Gasteiger partial charge in [-0.2, -0.15) is 0 Å². The highest BCUT2D eigenvalue weighted by molar-refractivity contribution is 5.74. The summed E-state index contributed by atoms with van der Waals surface area (Å²) in [7, 11) is 0. The molecule has 0 aliphatic carbocycles. The van der Waals surface area contributed by atoms with Gasteiger partial charge in [0.05, 0.1) is 5.41 Å². The monoisotopic (exact) mass is 171 g/mol. The molecule has 1 rings (SSSR count). The average molecular weight is 171 g/mol. The van der Waals surface area contributed by atoms with Crippen LogP contribution in [-0.4, -0.2) is 24.2 Å². The van der Waals surface area contributed by atoms with E-state index in [1.165, 1.54) is 0 Å². The smallest absolute Gasteiger partial charge is 0.309 e. The van der Waals surface area contributed by atoms with Crippen LogP contribution in [0.4, 0.5) is 0 Å². The van der Waals surface area contributed by atoms with E-state index < -0.39 is 11.4 Å². The Bertz CT molecular complexity index is 171. The lowest BCUT2D eigenvalue weighted by Crippen LogP contribution is -2.42. The first-order valence-electron chi connectivity index (χ1n) is 4.49. The topological polar surface area (TPSA) is 49.3 Å². The lowest BCUT2D eigenvalue weighted by Gasteiger charge is -2.33. The van der Waals surface area contributed by atoms with Crippen molar-refractivity contribution in [1.82, 2.24) is 5.32 Å². The number of carboxylic acid groups (broad SMARTS) is 1. The molecule has 0 unspecified atom stereocenters. The van der Waals surface area contributed by atoms with Crippen molar-refractivity contribution >= 4 is 5.97 Å². The Hall–Kier alpha value is -0.570. The van der Waals surface area contributed by atoms with Crippen molar-refractivity contribution in [3.63, 3.8) is 0 Å². The molecule has 0 aromatic heterocycles. The maximum Gasteiger partial charge on any atom is 0.309 e. The highest BCUT2D eigenvalue weighted by Crippen LogP contribution is 2.31. The van der Waals surface area contributed by atoms with Crippen LogP contribution in [0.1, 0.15) is 26.7 Å². The molecule has 1 aliphatic heterocycles. The first kappa shape index (κ1) is 9.52. The lowest BCUT2D eigenvalue weighted by molar-refractivity contribution is -0.150. The van der Waals surface area contributed by atoms with E-state index in [1.54, 1.807) is 0 Å². The average Bonchev–Trinajstić information content (AvgIpc) is 2.06. The molecule has 0 spiro atoms.